The molecule has 0 saturated carbocycles. The van der Waals surface area contributed by atoms with Gasteiger partial charge in [0.1, 0.15) is 0 Å². The third-order valence-corrected chi connectivity index (χ3v) is 6.19. The van der Waals surface area contributed by atoms with Crippen LogP contribution in [0.1, 0.15) is 29.0 Å². The van der Waals surface area contributed by atoms with Crippen LogP contribution < -0.4 is 5.73 Å². The number of ketones is 1. The molecule has 0 aliphatic carbocycles. The van der Waals surface area contributed by atoms with Gasteiger partial charge in [-0.05, 0) is 19.1 Å². The number of benzene rings is 1. The van der Waals surface area contributed by atoms with Crippen LogP contribution in [0.15, 0.2) is 33.7 Å². The van der Waals surface area contributed by atoms with Crippen LogP contribution in [0, 0.1) is 0 Å². The molecule has 2 N–H and O–H groups in total. The van der Waals surface area contributed by atoms with Crippen LogP contribution in [0.5, 0.6) is 0 Å². The largest absolute Gasteiger partial charge is 0.338 e. The van der Waals surface area contributed by atoms with Crippen molar-refractivity contribution in [1.29, 1.82) is 0 Å². The van der Waals surface area contributed by atoms with E-state index in [1.54, 1.807) is 0 Å². The lowest BCUT2D eigenvalue weighted by Crippen LogP contribution is -2.48. The molecule has 0 bridgehead atoms. The lowest BCUT2D eigenvalue weighted by molar-refractivity contribution is 0.101. The molecule has 9 nitrogen and oxygen atoms in total. The van der Waals surface area contributed by atoms with E-state index in [1.807, 2.05) is 0 Å². The van der Waals surface area contributed by atoms with E-state index < -0.39 is 10.0 Å². The van der Waals surface area contributed by atoms with Gasteiger partial charge >= 0.3 is 0 Å². The number of rotatable bonds is 6. The zero-order valence-corrected chi connectivity index (χ0v) is 16.5. The molecule has 11 heteroatoms. The second-order valence-corrected chi connectivity index (χ2v) is 8.01. The van der Waals surface area contributed by atoms with Crippen LogP contribution in [0.25, 0.3) is 0 Å². The molecule has 3 rings (SSSR count). The van der Waals surface area contributed by atoms with Crippen LogP contribution in [0.4, 0.5) is 0 Å². The fourth-order valence-corrected chi connectivity index (χ4v) is 4.20. The number of Topliss-reactive ketones (excluding diaryl/α,β-unsaturated/α-hetero) is 1. The topological polar surface area (TPSA) is 123 Å². The molecule has 0 spiro atoms. The first-order valence-corrected chi connectivity index (χ1v) is 9.69. The molecule has 27 heavy (non-hydrogen) atoms. The standard InChI is InChI=1S/C16H21N5O4S.ClH/c1-12(22)13-2-4-14(5-3-13)26(23,24)21-8-6-20(7-9-21)11-15-18-16(10-17)25-19-15;/h2-5H,6-11,17H2,1H3;1H. The summed E-state index contributed by atoms with van der Waals surface area (Å²) < 4.78 is 31.9. The summed E-state index contributed by atoms with van der Waals surface area (Å²) in [4.78, 5) is 17.7. The van der Waals surface area contributed by atoms with Gasteiger partial charge in [0.2, 0.25) is 15.9 Å². The maximum absolute atomic E-state index is 12.7. The zero-order chi connectivity index (χ0) is 18.7. The van der Waals surface area contributed by atoms with Gasteiger partial charge in [0, 0.05) is 31.7 Å². The summed E-state index contributed by atoms with van der Waals surface area (Å²) in [6, 6.07) is 6.03. The van der Waals surface area contributed by atoms with Gasteiger partial charge in [-0.15, -0.1) is 12.4 Å². The number of carbonyl (C=O) groups excluding carboxylic acids is 1. The van der Waals surface area contributed by atoms with Crippen molar-refractivity contribution in [3.05, 3.63) is 41.5 Å². The van der Waals surface area contributed by atoms with Gasteiger partial charge < -0.3 is 10.3 Å². The van der Waals surface area contributed by atoms with Crippen LogP contribution in [-0.2, 0) is 23.1 Å². The highest BCUT2D eigenvalue weighted by Gasteiger charge is 2.29. The summed E-state index contributed by atoms with van der Waals surface area (Å²) in [5.74, 6) is 0.832. The second kappa shape index (κ2) is 8.89. The third-order valence-electron chi connectivity index (χ3n) is 4.28. The van der Waals surface area contributed by atoms with Gasteiger partial charge in [-0.1, -0.05) is 17.3 Å². The summed E-state index contributed by atoms with van der Waals surface area (Å²) in [7, 11) is -3.57. The molecule has 1 aliphatic rings. The Morgan fingerprint density at radius 3 is 2.33 bits per heavy atom. The molecule has 0 amide bonds. The van der Waals surface area contributed by atoms with E-state index in [0.717, 1.165) is 0 Å². The smallest absolute Gasteiger partial charge is 0.243 e. The molecule has 0 radical (unpaired) electrons. The fourth-order valence-electron chi connectivity index (χ4n) is 2.78. The van der Waals surface area contributed by atoms with Crippen molar-refractivity contribution >= 4 is 28.2 Å². The minimum absolute atomic E-state index is 0. The summed E-state index contributed by atoms with van der Waals surface area (Å²) in [5.41, 5.74) is 5.93. The first kappa shape index (κ1) is 21.5. The Morgan fingerprint density at radius 1 is 1.19 bits per heavy atom. The fraction of sp³-hybridized carbons (Fsp3) is 0.438. The second-order valence-electron chi connectivity index (χ2n) is 6.07. The third kappa shape index (κ3) is 4.90. The molecule has 1 fully saturated rings. The average molecular weight is 416 g/mol. The minimum atomic E-state index is -3.57. The van der Waals surface area contributed by atoms with E-state index in [-0.39, 0.29) is 29.6 Å². The van der Waals surface area contributed by atoms with E-state index in [2.05, 4.69) is 15.0 Å². The molecule has 1 aromatic carbocycles. The predicted octanol–water partition coefficient (Wildman–Crippen LogP) is 0.659. The van der Waals surface area contributed by atoms with Crippen LogP contribution in [0.2, 0.25) is 0 Å². The summed E-state index contributed by atoms with van der Waals surface area (Å²) in [6.45, 7) is 4.01. The molecule has 148 valence electrons. The van der Waals surface area contributed by atoms with Crippen molar-refractivity contribution in [2.75, 3.05) is 26.2 Å². The number of hydrogen-bond donors (Lipinski definition) is 1. The number of piperazine rings is 1. The Hall–Kier alpha value is -1.85. The maximum atomic E-state index is 12.7. The first-order valence-electron chi connectivity index (χ1n) is 8.25. The molecule has 0 unspecified atom stereocenters. The summed E-state index contributed by atoms with van der Waals surface area (Å²) in [5, 5.41) is 3.85. The number of hydrogen-bond acceptors (Lipinski definition) is 8. The minimum Gasteiger partial charge on any atom is -0.338 e. The number of nitrogens with zero attached hydrogens (tertiary/aromatic N) is 4. The molecular weight excluding hydrogens is 394 g/mol. The van der Waals surface area contributed by atoms with Crippen molar-refractivity contribution < 1.29 is 17.7 Å². The van der Waals surface area contributed by atoms with Crippen molar-refractivity contribution in [3.8, 4) is 0 Å². The lowest BCUT2D eigenvalue weighted by atomic mass is 10.2. The van der Waals surface area contributed by atoms with Gasteiger partial charge in [0.25, 0.3) is 0 Å². The van der Waals surface area contributed by atoms with E-state index in [4.69, 9.17) is 10.3 Å². The predicted molar refractivity (Wildman–Crippen MR) is 99.9 cm³/mol. The van der Waals surface area contributed by atoms with E-state index >= 15 is 0 Å². The van der Waals surface area contributed by atoms with Gasteiger partial charge in [-0.2, -0.15) is 9.29 Å². The summed E-state index contributed by atoms with van der Waals surface area (Å²) >= 11 is 0. The van der Waals surface area contributed by atoms with Gasteiger partial charge in [0.15, 0.2) is 11.6 Å². The number of sulfonamides is 1. The Labute approximate surface area is 164 Å². The van der Waals surface area contributed by atoms with Crippen molar-refractivity contribution in [2.24, 2.45) is 5.73 Å². The average Bonchev–Trinajstić information content (AvgIpc) is 3.10. The molecular formula is C16H22ClN5O4S. The van der Waals surface area contributed by atoms with Gasteiger partial charge in [-0.25, -0.2) is 8.42 Å². The normalized spacial score (nSPS) is 16.1. The maximum Gasteiger partial charge on any atom is 0.243 e. The lowest BCUT2D eigenvalue weighted by Gasteiger charge is -2.33. The molecule has 1 saturated heterocycles. The number of nitrogens with two attached hydrogens (primary N) is 1. The van der Waals surface area contributed by atoms with Gasteiger partial charge in [-0.3, -0.25) is 9.69 Å². The van der Waals surface area contributed by atoms with E-state index in [1.165, 1.54) is 35.5 Å². The zero-order valence-electron chi connectivity index (χ0n) is 14.9. The van der Waals surface area contributed by atoms with Crippen molar-refractivity contribution in [3.63, 3.8) is 0 Å². The Morgan fingerprint density at radius 2 is 1.81 bits per heavy atom. The van der Waals surface area contributed by atoms with Crippen LogP contribution in [-0.4, -0.2) is 59.7 Å². The molecule has 1 aromatic heterocycles. The van der Waals surface area contributed by atoms with E-state index in [9.17, 15) is 13.2 Å². The highest BCUT2D eigenvalue weighted by atomic mass is 35.5. The Kier molecular flexibility index (Phi) is 7.06. The summed E-state index contributed by atoms with van der Waals surface area (Å²) in [6.07, 6.45) is 0. The monoisotopic (exact) mass is 415 g/mol. The van der Waals surface area contributed by atoms with Gasteiger partial charge in [0.05, 0.1) is 18.0 Å². The molecule has 2 heterocycles. The molecule has 1 aliphatic heterocycles. The first-order chi connectivity index (χ1) is 12.4. The van der Waals surface area contributed by atoms with Crippen molar-refractivity contribution in [2.45, 2.75) is 24.9 Å². The number of aromatic nitrogens is 2. The highest BCUT2D eigenvalue weighted by Crippen LogP contribution is 2.19. The Balaban J connectivity index is 0.00000261. The quantitative estimate of drug-likeness (QED) is 0.682. The molecule has 0 atom stereocenters. The number of carbonyl (C=O) groups is 1. The van der Waals surface area contributed by atoms with Crippen molar-refractivity contribution in [1.82, 2.24) is 19.3 Å². The highest BCUT2D eigenvalue weighted by molar-refractivity contribution is 7.89. The Bertz CT molecular complexity index is 876. The molecule has 2 aromatic rings. The van der Waals surface area contributed by atoms with Crippen LogP contribution >= 0.6 is 12.4 Å². The van der Waals surface area contributed by atoms with Crippen LogP contribution in [0.3, 0.4) is 0 Å². The SMILES string of the molecule is CC(=O)c1ccc(S(=O)(=O)N2CCN(Cc3noc(CN)n3)CC2)cc1.Cl. The van der Waals surface area contributed by atoms with E-state index in [0.29, 0.717) is 50.0 Å². The number of halogens is 1.